The van der Waals surface area contributed by atoms with E-state index < -0.39 is 0 Å². The molecular weight excluding hydrogens is 503 g/mol. The van der Waals surface area contributed by atoms with E-state index in [2.05, 4.69) is 133 Å². The Morgan fingerprint density at radius 2 is 1.15 bits per heavy atom. The van der Waals surface area contributed by atoms with Crippen LogP contribution in [0.4, 0.5) is 0 Å². The van der Waals surface area contributed by atoms with E-state index in [1.54, 1.807) is 0 Å². The van der Waals surface area contributed by atoms with Crippen molar-refractivity contribution in [3.05, 3.63) is 129 Å². The molecule has 0 radical (unpaired) electrons. The predicted octanol–water partition coefficient (Wildman–Crippen LogP) is -1.49. The molecule has 0 spiro atoms. The molecule has 0 aromatic heterocycles. The molecule has 1 aliphatic rings. The minimum absolute atomic E-state index is 0. The van der Waals surface area contributed by atoms with Gasteiger partial charge in [0.2, 0.25) is 0 Å². The summed E-state index contributed by atoms with van der Waals surface area (Å²) in [6, 6.07) is 24.9. The molecule has 0 aliphatic heterocycles. The van der Waals surface area contributed by atoms with Gasteiger partial charge in [0, 0.05) is 0 Å². The number of allylic oxidation sites excluding steroid dienone is 4. The normalized spacial score (nSPS) is 16.5. The standard InChI is InChI=1S/C29H29.3ClH.Ti/c1-20-13-21(2)16-26(15-20)29(27-17-22(3)14-23(4)18-27)28-12-8-11-25(28)19-24-9-6-5-7-10-24;;;;/h5-18,29H,19H2,1-4H3;3*1H;/q;;;;+3/p-3. The van der Waals surface area contributed by atoms with Gasteiger partial charge in [0.05, 0.1) is 0 Å². The molecule has 1 aliphatic carbocycles. The van der Waals surface area contributed by atoms with Gasteiger partial charge in [-0.1, -0.05) is 0 Å². The summed E-state index contributed by atoms with van der Waals surface area (Å²) < 4.78 is -0.0592. The van der Waals surface area contributed by atoms with Crippen LogP contribution in [-0.2, 0) is 26.9 Å². The summed E-state index contributed by atoms with van der Waals surface area (Å²) in [7, 11) is 0. The average Bonchev–Trinajstić information content (AvgIpc) is 3.02. The number of rotatable bonds is 5. The van der Waals surface area contributed by atoms with Gasteiger partial charge in [-0.2, -0.15) is 0 Å². The number of halogens is 3. The summed E-state index contributed by atoms with van der Waals surface area (Å²) in [5.74, 6) is 0.281. The van der Waals surface area contributed by atoms with Crippen LogP contribution < -0.4 is 37.2 Å². The summed E-state index contributed by atoms with van der Waals surface area (Å²) in [6.45, 7) is 8.84. The van der Waals surface area contributed by atoms with Crippen molar-refractivity contribution in [3.63, 3.8) is 0 Å². The molecule has 3 aromatic carbocycles. The zero-order valence-electron chi connectivity index (χ0n) is 19.5. The molecule has 0 bridgehead atoms. The fourth-order valence-electron chi connectivity index (χ4n) is 4.93. The Morgan fingerprint density at radius 3 is 1.61 bits per heavy atom. The Morgan fingerprint density at radius 1 is 0.697 bits per heavy atom. The number of hydrogen-bond acceptors (Lipinski definition) is 0. The summed E-state index contributed by atoms with van der Waals surface area (Å²) in [6.07, 6.45) is 8.00. The molecule has 170 valence electrons. The largest absolute Gasteiger partial charge is 1.00 e. The molecule has 3 aromatic rings. The third-order valence-corrected chi connectivity index (χ3v) is 7.25. The van der Waals surface area contributed by atoms with Crippen molar-refractivity contribution < 1.29 is 57.7 Å². The van der Waals surface area contributed by atoms with E-state index in [0.29, 0.717) is 0 Å². The first-order valence-electron chi connectivity index (χ1n) is 10.7. The van der Waals surface area contributed by atoms with Gasteiger partial charge >= 0.3 is 194 Å². The van der Waals surface area contributed by atoms with E-state index in [-0.39, 0.29) is 46.9 Å². The fourth-order valence-corrected chi connectivity index (χ4v) is 5.87. The third-order valence-electron chi connectivity index (χ3n) is 6.04. The first kappa shape index (κ1) is 29.8. The maximum absolute atomic E-state index is 2.42. The SMILES string of the molecule is Cc1cc(C)cc(C(c2cc(C)cc(C)c2)[C]2([Ti+3])C=CC=C2Cc2ccccc2)c1.[Cl-].[Cl-].[Cl-]. The first-order valence-corrected chi connectivity index (χ1v) is 11.5. The predicted molar refractivity (Wildman–Crippen MR) is 124 cm³/mol. The van der Waals surface area contributed by atoms with Crippen LogP contribution in [0.15, 0.2) is 90.5 Å². The molecule has 0 saturated carbocycles. The maximum Gasteiger partial charge on any atom is -1.00 e. The van der Waals surface area contributed by atoms with Crippen molar-refractivity contribution in [1.82, 2.24) is 0 Å². The van der Waals surface area contributed by atoms with Crippen molar-refractivity contribution in [1.29, 1.82) is 0 Å². The maximum atomic E-state index is 2.42. The van der Waals surface area contributed by atoms with E-state index in [4.69, 9.17) is 0 Å². The molecule has 0 nitrogen and oxygen atoms in total. The van der Waals surface area contributed by atoms with Gasteiger partial charge in [-0.05, 0) is 0 Å². The van der Waals surface area contributed by atoms with E-state index in [9.17, 15) is 0 Å². The summed E-state index contributed by atoms with van der Waals surface area (Å²) in [5.41, 5.74) is 11.0. The Kier molecular flexibility index (Phi) is 11.2. The molecule has 0 saturated heterocycles. The van der Waals surface area contributed by atoms with Crippen LogP contribution >= 0.6 is 0 Å². The summed E-state index contributed by atoms with van der Waals surface area (Å²) >= 11 is 2.42. The smallest absolute Gasteiger partial charge is 1.00 e. The molecule has 4 heteroatoms. The number of benzene rings is 3. The van der Waals surface area contributed by atoms with Crippen molar-refractivity contribution in [2.75, 3.05) is 0 Å². The van der Waals surface area contributed by atoms with E-state index >= 15 is 0 Å². The van der Waals surface area contributed by atoms with Crippen LogP contribution in [0.25, 0.3) is 0 Å². The van der Waals surface area contributed by atoms with Crippen LogP contribution in [-0.4, -0.2) is 0 Å². The van der Waals surface area contributed by atoms with Crippen LogP contribution in [0.2, 0.25) is 3.72 Å². The van der Waals surface area contributed by atoms with Gasteiger partial charge in [-0.15, -0.1) is 0 Å². The molecule has 1 atom stereocenters. The van der Waals surface area contributed by atoms with E-state index in [1.807, 2.05) is 0 Å². The van der Waals surface area contributed by atoms with Crippen molar-refractivity contribution in [2.24, 2.45) is 0 Å². The Labute approximate surface area is 229 Å². The molecule has 1 unspecified atom stereocenters. The Balaban J connectivity index is 0.00000181. The van der Waals surface area contributed by atoms with E-state index in [0.717, 1.165) is 6.42 Å². The van der Waals surface area contributed by atoms with Gasteiger partial charge in [-0.25, -0.2) is 0 Å². The number of aryl methyl sites for hydroxylation is 4. The summed E-state index contributed by atoms with van der Waals surface area (Å²) in [5, 5.41) is 0. The van der Waals surface area contributed by atoms with Crippen molar-refractivity contribution in [3.8, 4) is 0 Å². The quantitative estimate of drug-likeness (QED) is 0.352. The second kappa shape index (κ2) is 12.4. The Hall–Kier alpha value is -1.28. The Bertz CT molecular complexity index is 1040. The molecule has 0 amide bonds. The molecule has 0 N–H and O–H groups in total. The van der Waals surface area contributed by atoms with Crippen molar-refractivity contribution >= 4 is 0 Å². The molecule has 33 heavy (non-hydrogen) atoms. The second-order valence-electron chi connectivity index (χ2n) is 8.86. The molecular formula is C29H29Cl3Ti. The minimum atomic E-state index is -0.0592. The molecule has 0 fully saturated rings. The topological polar surface area (TPSA) is 0 Å². The third kappa shape index (κ3) is 6.65. The van der Waals surface area contributed by atoms with Crippen LogP contribution in [0.3, 0.4) is 0 Å². The first-order chi connectivity index (χ1) is 14.3. The fraction of sp³-hybridized carbons (Fsp3) is 0.241. The minimum Gasteiger partial charge on any atom is -1.00 e. The van der Waals surface area contributed by atoms with Gasteiger partial charge in [0.1, 0.15) is 0 Å². The van der Waals surface area contributed by atoms with Crippen LogP contribution in [0, 0.1) is 27.7 Å². The van der Waals surface area contributed by atoms with Gasteiger partial charge in [0.25, 0.3) is 0 Å². The van der Waals surface area contributed by atoms with Crippen LogP contribution in [0.5, 0.6) is 0 Å². The van der Waals surface area contributed by atoms with Crippen molar-refractivity contribution in [2.45, 2.75) is 43.8 Å². The van der Waals surface area contributed by atoms with Gasteiger partial charge in [0.15, 0.2) is 0 Å². The number of hydrogen-bond donors (Lipinski definition) is 0. The van der Waals surface area contributed by atoms with Gasteiger partial charge < -0.3 is 37.2 Å². The molecule has 4 rings (SSSR count). The molecule has 0 heterocycles. The van der Waals surface area contributed by atoms with E-state index in [1.165, 1.54) is 44.5 Å². The van der Waals surface area contributed by atoms with Crippen LogP contribution in [0.1, 0.15) is 44.9 Å². The second-order valence-corrected chi connectivity index (χ2v) is 10.1. The zero-order chi connectivity index (χ0) is 21.3. The monoisotopic (exact) mass is 530 g/mol. The summed E-state index contributed by atoms with van der Waals surface area (Å²) in [4.78, 5) is 0. The zero-order valence-corrected chi connectivity index (χ0v) is 23.3. The average molecular weight is 532 g/mol. The van der Waals surface area contributed by atoms with Gasteiger partial charge in [-0.3, -0.25) is 0 Å².